The molecule has 2 rings (SSSR count). The SMILES string of the molecule is CSCCNC(=NCC1CC1)NCCc1ccco1. The molecule has 1 aromatic rings. The van der Waals surface area contributed by atoms with E-state index in [1.165, 1.54) is 12.8 Å². The van der Waals surface area contributed by atoms with E-state index in [1.807, 2.05) is 23.9 Å². The fourth-order valence-corrected chi connectivity index (χ4v) is 2.03. The van der Waals surface area contributed by atoms with E-state index in [-0.39, 0.29) is 0 Å². The molecular weight excluding hydrogens is 258 g/mol. The Labute approximate surface area is 119 Å². The van der Waals surface area contributed by atoms with Crippen molar-refractivity contribution in [2.24, 2.45) is 10.9 Å². The minimum absolute atomic E-state index is 0.823. The lowest BCUT2D eigenvalue weighted by Crippen LogP contribution is -2.39. The summed E-state index contributed by atoms with van der Waals surface area (Å²) in [4.78, 5) is 4.63. The summed E-state index contributed by atoms with van der Waals surface area (Å²) in [6.07, 6.45) is 7.41. The highest BCUT2D eigenvalue weighted by Gasteiger charge is 2.20. The van der Waals surface area contributed by atoms with E-state index >= 15 is 0 Å². The quantitative estimate of drug-likeness (QED) is 0.435. The Morgan fingerprint density at radius 3 is 2.95 bits per heavy atom. The lowest BCUT2D eigenvalue weighted by molar-refractivity contribution is 0.507. The van der Waals surface area contributed by atoms with E-state index in [0.29, 0.717) is 0 Å². The molecule has 0 saturated heterocycles. The first-order chi connectivity index (χ1) is 9.38. The van der Waals surface area contributed by atoms with Crippen molar-refractivity contribution in [3.8, 4) is 0 Å². The predicted octanol–water partition coefficient (Wildman–Crippen LogP) is 2.13. The van der Waals surface area contributed by atoms with Gasteiger partial charge in [0.2, 0.25) is 0 Å². The van der Waals surface area contributed by atoms with Crippen molar-refractivity contribution in [1.82, 2.24) is 10.6 Å². The van der Waals surface area contributed by atoms with Gasteiger partial charge in [0.05, 0.1) is 6.26 Å². The van der Waals surface area contributed by atoms with Crippen LogP contribution in [0.3, 0.4) is 0 Å². The Hall–Kier alpha value is -1.10. The van der Waals surface area contributed by atoms with Crippen molar-refractivity contribution >= 4 is 17.7 Å². The van der Waals surface area contributed by atoms with Crippen LogP contribution in [-0.4, -0.2) is 37.6 Å². The van der Waals surface area contributed by atoms with Gasteiger partial charge in [0.15, 0.2) is 5.96 Å². The molecule has 1 aromatic heterocycles. The topological polar surface area (TPSA) is 49.6 Å². The van der Waals surface area contributed by atoms with Crippen LogP contribution in [0.15, 0.2) is 27.8 Å². The van der Waals surface area contributed by atoms with Gasteiger partial charge in [0.25, 0.3) is 0 Å². The summed E-state index contributed by atoms with van der Waals surface area (Å²) in [5, 5.41) is 6.74. The smallest absolute Gasteiger partial charge is 0.191 e. The number of hydrogen-bond acceptors (Lipinski definition) is 3. The van der Waals surface area contributed by atoms with Crippen LogP contribution in [0.4, 0.5) is 0 Å². The van der Waals surface area contributed by atoms with E-state index in [0.717, 1.165) is 49.4 Å². The molecule has 4 nitrogen and oxygen atoms in total. The average Bonchev–Trinajstić information content (AvgIpc) is 3.11. The number of nitrogens with one attached hydrogen (secondary N) is 2. The third-order valence-corrected chi connectivity index (χ3v) is 3.66. The van der Waals surface area contributed by atoms with Crippen molar-refractivity contribution in [2.75, 3.05) is 31.6 Å². The maximum Gasteiger partial charge on any atom is 0.191 e. The predicted molar refractivity (Wildman–Crippen MR) is 81.8 cm³/mol. The van der Waals surface area contributed by atoms with Crippen LogP contribution >= 0.6 is 11.8 Å². The van der Waals surface area contributed by atoms with Crippen LogP contribution in [0.1, 0.15) is 18.6 Å². The Balaban J connectivity index is 1.70. The first kappa shape index (κ1) is 14.3. The third kappa shape index (κ3) is 6.05. The number of nitrogens with zero attached hydrogens (tertiary/aromatic N) is 1. The minimum atomic E-state index is 0.823. The molecule has 2 N–H and O–H groups in total. The van der Waals surface area contributed by atoms with Crippen LogP contribution in [0.25, 0.3) is 0 Å². The van der Waals surface area contributed by atoms with Crippen LogP contribution < -0.4 is 10.6 Å². The van der Waals surface area contributed by atoms with E-state index in [9.17, 15) is 0 Å². The summed E-state index contributed by atoms with van der Waals surface area (Å²) in [5.74, 6) is 3.87. The maximum absolute atomic E-state index is 5.32. The van der Waals surface area contributed by atoms with E-state index in [1.54, 1.807) is 6.26 Å². The Kier molecular flexibility index (Phi) is 6.14. The molecule has 0 radical (unpaired) electrons. The number of furan rings is 1. The highest BCUT2D eigenvalue weighted by atomic mass is 32.2. The van der Waals surface area contributed by atoms with Gasteiger partial charge in [-0.3, -0.25) is 4.99 Å². The van der Waals surface area contributed by atoms with E-state index in [4.69, 9.17) is 4.42 Å². The first-order valence-electron chi connectivity index (χ1n) is 6.92. The summed E-state index contributed by atoms with van der Waals surface area (Å²) < 4.78 is 5.32. The highest BCUT2D eigenvalue weighted by molar-refractivity contribution is 7.98. The molecule has 0 aromatic carbocycles. The molecule has 1 aliphatic carbocycles. The largest absolute Gasteiger partial charge is 0.469 e. The van der Waals surface area contributed by atoms with Crippen molar-refractivity contribution in [1.29, 1.82) is 0 Å². The Bertz CT molecular complexity index is 374. The number of thioether (sulfide) groups is 1. The van der Waals surface area contributed by atoms with E-state index < -0.39 is 0 Å². The molecule has 1 saturated carbocycles. The number of guanidine groups is 1. The van der Waals surface area contributed by atoms with Gasteiger partial charge in [-0.15, -0.1) is 0 Å². The molecule has 1 fully saturated rings. The van der Waals surface area contributed by atoms with Crippen LogP contribution in [0.5, 0.6) is 0 Å². The van der Waals surface area contributed by atoms with Crippen LogP contribution in [0, 0.1) is 5.92 Å². The zero-order valence-electron chi connectivity index (χ0n) is 11.5. The zero-order valence-corrected chi connectivity index (χ0v) is 12.3. The second kappa shape index (κ2) is 8.15. The molecule has 0 spiro atoms. The lowest BCUT2D eigenvalue weighted by atomic mass is 10.3. The third-order valence-electron chi connectivity index (χ3n) is 3.05. The second-order valence-electron chi connectivity index (χ2n) is 4.81. The summed E-state index contributed by atoms with van der Waals surface area (Å²) in [6.45, 7) is 2.76. The number of hydrogen-bond donors (Lipinski definition) is 2. The molecule has 0 bridgehead atoms. The molecule has 0 atom stereocenters. The fraction of sp³-hybridized carbons (Fsp3) is 0.643. The molecular formula is C14H23N3OS. The molecule has 1 aliphatic rings. The summed E-state index contributed by atoms with van der Waals surface area (Å²) in [7, 11) is 0. The molecule has 1 heterocycles. The first-order valence-corrected chi connectivity index (χ1v) is 8.31. The fourth-order valence-electron chi connectivity index (χ4n) is 1.73. The molecule has 5 heteroatoms. The second-order valence-corrected chi connectivity index (χ2v) is 5.79. The molecule has 0 unspecified atom stereocenters. The van der Waals surface area contributed by atoms with Crippen LogP contribution in [-0.2, 0) is 6.42 Å². The summed E-state index contributed by atoms with van der Waals surface area (Å²) >= 11 is 1.84. The molecule has 0 amide bonds. The van der Waals surface area contributed by atoms with E-state index in [2.05, 4.69) is 21.9 Å². The normalized spacial score (nSPS) is 15.5. The van der Waals surface area contributed by atoms with Crippen molar-refractivity contribution in [3.63, 3.8) is 0 Å². The van der Waals surface area contributed by atoms with Gasteiger partial charge in [-0.2, -0.15) is 11.8 Å². The van der Waals surface area contributed by atoms with Crippen LogP contribution in [0.2, 0.25) is 0 Å². The molecule has 19 heavy (non-hydrogen) atoms. The van der Waals surface area contributed by atoms with Crippen molar-refractivity contribution < 1.29 is 4.42 Å². The number of rotatable bonds is 8. The van der Waals surface area contributed by atoms with Gasteiger partial charge in [0, 0.05) is 31.8 Å². The zero-order chi connectivity index (χ0) is 13.3. The van der Waals surface area contributed by atoms with Gasteiger partial charge in [-0.05, 0) is 37.1 Å². The van der Waals surface area contributed by atoms with Gasteiger partial charge >= 0.3 is 0 Å². The number of aliphatic imine (C=N–C) groups is 1. The monoisotopic (exact) mass is 281 g/mol. The van der Waals surface area contributed by atoms with Gasteiger partial charge in [-0.1, -0.05) is 0 Å². The standard InChI is InChI=1S/C14H23N3OS/c1-19-10-8-16-14(17-11-12-4-5-12)15-7-6-13-3-2-9-18-13/h2-3,9,12H,4-8,10-11H2,1H3,(H2,15,16,17). The maximum atomic E-state index is 5.32. The van der Waals surface area contributed by atoms with Gasteiger partial charge in [-0.25, -0.2) is 0 Å². The molecule has 106 valence electrons. The Morgan fingerprint density at radius 2 is 2.26 bits per heavy atom. The highest BCUT2D eigenvalue weighted by Crippen LogP contribution is 2.28. The summed E-state index contributed by atoms with van der Waals surface area (Å²) in [5.41, 5.74) is 0. The summed E-state index contributed by atoms with van der Waals surface area (Å²) in [6, 6.07) is 3.93. The Morgan fingerprint density at radius 1 is 1.42 bits per heavy atom. The minimum Gasteiger partial charge on any atom is -0.469 e. The van der Waals surface area contributed by atoms with Gasteiger partial charge in [0.1, 0.15) is 5.76 Å². The van der Waals surface area contributed by atoms with Crippen molar-refractivity contribution in [3.05, 3.63) is 24.2 Å². The molecule has 0 aliphatic heterocycles. The van der Waals surface area contributed by atoms with Crippen molar-refractivity contribution in [2.45, 2.75) is 19.3 Å². The average molecular weight is 281 g/mol. The van der Waals surface area contributed by atoms with Gasteiger partial charge < -0.3 is 15.1 Å². The lowest BCUT2D eigenvalue weighted by Gasteiger charge is -2.11.